The van der Waals surface area contributed by atoms with E-state index in [1.165, 1.54) is 23.5 Å². The molecule has 0 saturated carbocycles. The fourth-order valence-corrected chi connectivity index (χ4v) is 4.47. The van der Waals surface area contributed by atoms with E-state index in [4.69, 9.17) is 11.6 Å². The molecule has 0 atom stereocenters. The van der Waals surface area contributed by atoms with Crippen molar-refractivity contribution in [2.24, 2.45) is 4.40 Å². The van der Waals surface area contributed by atoms with E-state index in [2.05, 4.69) is 9.71 Å². The van der Waals surface area contributed by atoms with E-state index < -0.39 is 10.0 Å². The zero-order valence-electron chi connectivity index (χ0n) is 13.4. The van der Waals surface area contributed by atoms with Crippen molar-refractivity contribution in [1.82, 2.24) is 4.90 Å². The molecule has 1 amide bonds. The van der Waals surface area contributed by atoms with Crippen LogP contribution in [-0.2, 0) is 10.0 Å². The zero-order chi connectivity index (χ0) is 18.0. The van der Waals surface area contributed by atoms with Gasteiger partial charge in [-0.05, 0) is 42.8 Å². The number of carbonyl (C=O) groups excluding carboxylic acids is 1. The number of nitrogens with one attached hydrogen (secondary N) is 1. The van der Waals surface area contributed by atoms with Gasteiger partial charge in [0.1, 0.15) is 5.84 Å². The molecule has 0 spiro atoms. The predicted octanol–water partition coefficient (Wildman–Crippen LogP) is 3.47. The fraction of sp³-hybridized carbons (Fsp3) is 0.250. The molecule has 3 rings (SSSR count). The molecule has 1 aliphatic heterocycles. The van der Waals surface area contributed by atoms with Crippen LogP contribution in [0, 0.1) is 0 Å². The average Bonchev–Trinajstić information content (AvgIpc) is 3.17. The van der Waals surface area contributed by atoms with Gasteiger partial charge in [0.2, 0.25) is 0 Å². The van der Waals surface area contributed by atoms with Crippen molar-refractivity contribution in [1.29, 1.82) is 0 Å². The van der Waals surface area contributed by atoms with Gasteiger partial charge in [0.15, 0.2) is 0 Å². The smallest absolute Gasteiger partial charge is 0.283 e. The number of amides is 1. The van der Waals surface area contributed by atoms with Crippen molar-refractivity contribution >= 4 is 50.4 Å². The summed E-state index contributed by atoms with van der Waals surface area (Å²) in [5.41, 5.74) is 0.499. The highest BCUT2D eigenvalue weighted by Gasteiger charge is 2.20. The van der Waals surface area contributed by atoms with Crippen molar-refractivity contribution in [2.45, 2.75) is 17.7 Å². The monoisotopic (exact) mass is 397 g/mol. The number of anilines is 1. The molecule has 2 aromatic rings. The van der Waals surface area contributed by atoms with Crippen LogP contribution in [0.25, 0.3) is 0 Å². The fourth-order valence-electron chi connectivity index (χ4n) is 2.44. The lowest BCUT2D eigenvalue weighted by atomic mass is 10.3. The summed E-state index contributed by atoms with van der Waals surface area (Å²) in [4.78, 5) is 14.5. The van der Waals surface area contributed by atoms with E-state index in [1.54, 1.807) is 24.3 Å². The Morgan fingerprint density at radius 2 is 1.96 bits per heavy atom. The van der Waals surface area contributed by atoms with Gasteiger partial charge in [0.05, 0.1) is 14.1 Å². The molecule has 1 saturated heterocycles. The third kappa shape index (κ3) is 4.20. The summed E-state index contributed by atoms with van der Waals surface area (Å²) in [6.07, 6.45) is 1.57. The van der Waals surface area contributed by atoms with Gasteiger partial charge in [-0.1, -0.05) is 11.6 Å². The minimum atomic E-state index is -3.75. The molecule has 0 aliphatic carbocycles. The van der Waals surface area contributed by atoms with Crippen LogP contribution in [0.5, 0.6) is 0 Å². The topological polar surface area (TPSA) is 78.8 Å². The molecular formula is C16H16ClN3O3S2. The average molecular weight is 398 g/mol. The van der Waals surface area contributed by atoms with Crippen LogP contribution < -0.4 is 5.32 Å². The number of amidine groups is 1. The second-order valence-corrected chi connectivity index (χ2v) is 8.91. The maximum absolute atomic E-state index is 12.4. The van der Waals surface area contributed by atoms with Crippen LogP contribution in [0.2, 0.25) is 4.34 Å². The van der Waals surface area contributed by atoms with Gasteiger partial charge < -0.3 is 10.2 Å². The van der Waals surface area contributed by atoms with E-state index in [1.807, 2.05) is 11.9 Å². The third-order valence-electron chi connectivity index (χ3n) is 3.77. The van der Waals surface area contributed by atoms with Crippen molar-refractivity contribution in [3.8, 4) is 0 Å². The number of carbonyl (C=O) groups is 1. The van der Waals surface area contributed by atoms with Crippen molar-refractivity contribution < 1.29 is 13.2 Å². The highest BCUT2D eigenvalue weighted by Crippen LogP contribution is 2.23. The van der Waals surface area contributed by atoms with E-state index in [0.29, 0.717) is 27.2 Å². The number of rotatable bonds is 4. The summed E-state index contributed by atoms with van der Waals surface area (Å²) in [7, 11) is -1.92. The molecule has 1 N–H and O–H groups in total. The van der Waals surface area contributed by atoms with Crippen LogP contribution >= 0.6 is 22.9 Å². The minimum absolute atomic E-state index is 0.0949. The predicted molar refractivity (Wildman–Crippen MR) is 100 cm³/mol. The summed E-state index contributed by atoms with van der Waals surface area (Å²) < 4.78 is 29.2. The van der Waals surface area contributed by atoms with Gasteiger partial charge in [-0.25, -0.2) is 0 Å². The Kier molecular flexibility index (Phi) is 5.12. The maximum atomic E-state index is 12.4. The second kappa shape index (κ2) is 7.15. The van der Waals surface area contributed by atoms with Crippen molar-refractivity contribution in [3.63, 3.8) is 0 Å². The first-order valence-corrected chi connectivity index (χ1v) is 10.2. The Hall–Kier alpha value is -1.90. The molecule has 0 radical (unpaired) electrons. The Morgan fingerprint density at radius 3 is 2.52 bits per heavy atom. The van der Waals surface area contributed by atoms with Crippen LogP contribution in [0.4, 0.5) is 5.69 Å². The number of thiophene rings is 1. The quantitative estimate of drug-likeness (QED) is 0.856. The van der Waals surface area contributed by atoms with Gasteiger partial charge in [0, 0.05) is 25.7 Å². The van der Waals surface area contributed by atoms with Crippen LogP contribution in [0.1, 0.15) is 22.5 Å². The Labute approximate surface area is 155 Å². The van der Waals surface area contributed by atoms with Gasteiger partial charge in [-0.2, -0.15) is 8.42 Å². The SMILES string of the molecule is CN1CCC/C1=N\S(=O)(=O)c1ccc(NC(=O)c2ccc(Cl)s2)cc1. The molecule has 132 valence electrons. The van der Waals surface area contributed by atoms with E-state index in [-0.39, 0.29) is 10.8 Å². The Balaban J connectivity index is 1.74. The van der Waals surface area contributed by atoms with Crippen LogP contribution in [-0.4, -0.2) is 38.7 Å². The number of sulfonamides is 1. The van der Waals surface area contributed by atoms with Crippen LogP contribution in [0.15, 0.2) is 45.7 Å². The van der Waals surface area contributed by atoms with Crippen molar-refractivity contribution in [2.75, 3.05) is 18.9 Å². The largest absolute Gasteiger partial charge is 0.362 e. The van der Waals surface area contributed by atoms with Crippen LogP contribution in [0.3, 0.4) is 0 Å². The standard InChI is InChI=1S/C16H16ClN3O3S2/c1-20-10-2-3-15(20)19-25(22,23)12-6-4-11(5-7-12)18-16(21)13-8-9-14(17)24-13/h4-9H,2-3,10H2,1H3,(H,18,21)/b19-15+. The number of hydrogen-bond acceptors (Lipinski definition) is 4. The normalized spacial score (nSPS) is 16.4. The molecular weight excluding hydrogens is 382 g/mol. The molecule has 1 fully saturated rings. The number of halogens is 1. The lowest BCUT2D eigenvalue weighted by molar-refractivity contribution is 0.103. The first-order valence-electron chi connectivity index (χ1n) is 7.57. The highest BCUT2D eigenvalue weighted by molar-refractivity contribution is 7.90. The Morgan fingerprint density at radius 1 is 1.24 bits per heavy atom. The van der Waals surface area contributed by atoms with Gasteiger partial charge in [0.25, 0.3) is 15.9 Å². The summed E-state index contributed by atoms with van der Waals surface area (Å²) in [5.74, 6) is 0.285. The van der Waals surface area contributed by atoms with Gasteiger partial charge >= 0.3 is 0 Å². The molecule has 1 aliphatic rings. The number of benzene rings is 1. The Bertz CT molecular complexity index is 920. The molecule has 0 unspecified atom stereocenters. The molecule has 25 heavy (non-hydrogen) atoms. The van der Waals surface area contributed by atoms with E-state index in [9.17, 15) is 13.2 Å². The van der Waals surface area contributed by atoms with Crippen molar-refractivity contribution in [3.05, 3.63) is 45.6 Å². The maximum Gasteiger partial charge on any atom is 0.283 e. The third-order valence-corrected chi connectivity index (χ3v) is 6.32. The molecule has 2 heterocycles. The number of nitrogens with zero attached hydrogens (tertiary/aromatic N) is 2. The molecule has 6 nitrogen and oxygen atoms in total. The lowest BCUT2D eigenvalue weighted by Crippen LogP contribution is -2.20. The number of likely N-dealkylation sites (tertiary alicyclic amines) is 1. The summed E-state index contributed by atoms with van der Waals surface area (Å²) in [6, 6.07) is 9.24. The van der Waals surface area contributed by atoms with Gasteiger partial charge in [-0.3, -0.25) is 4.79 Å². The first-order chi connectivity index (χ1) is 11.8. The molecule has 1 aromatic heterocycles. The minimum Gasteiger partial charge on any atom is -0.362 e. The molecule has 9 heteroatoms. The highest BCUT2D eigenvalue weighted by atomic mass is 35.5. The molecule has 0 bridgehead atoms. The number of hydrogen-bond donors (Lipinski definition) is 1. The lowest BCUT2D eigenvalue weighted by Gasteiger charge is -2.11. The summed E-state index contributed by atoms with van der Waals surface area (Å²) in [6.45, 7) is 0.812. The van der Waals surface area contributed by atoms with Gasteiger partial charge in [-0.15, -0.1) is 15.7 Å². The summed E-state index contributed by atoms with van der Waals surface area (Å²) >= 11 is 6.99. The van der Waals surface area contributed by atoms with E-state index >= 15 is 0 Å². The second-order valence-electron chi connectivity index (χ2n) is 5.59. The van der Waals surface area contributed by atoms with E-state index in [0.717, 1.165) is 13.0 Å². The molecule has 1 aromatic carbocycles. The zero-order valence-corrected chi connectivity index (χ0v) is 15.8. The summed E-state index contributed by atoms with van der Waals surface area (Å²) in [5, 5.41) is 2.70. The first kappa shape index (κ1) is 17.9.